The van der Waals surface area contributed by atoms with Gasteiger partial charge in [-0.25, -0.2) is 4.79 Å². The Morgan fingerprint density at radius 1 is 1.15 bits per heavy atom. The third-order valence-electron chi connectivity index (χ3n) is 3.64. The minimum absolute atomic E-state index is 0.124. The smallest absolute Gasteiger partial charge is 0.315 e. The molecule has 0 spiro atoms. The normalized spacial score (nSPS) is 18.9. The topological polar surface area (TPSA) is 116 Å². The van der Waals surface area contributed by atoms with Crippen molar-refractivity contribution in [3.8, 4) is 0 Å². The van der Waals surface area contributed by atoms with Crippen LogP contribution in [0, 0.1) is 5.41 Å². The highest BCUT2D eigenvalue weighted by molar-refractivity contribution is 5.82. The third-order valence-corrected chi connectivity index (χ3v) is 3.64. The molecule has 114 valence electrons. The van der Waals surface area contributed by atoms with E-state index in [1.807, 2.05) is 0 Å². The summed E-state index contributed by atoms with van der Waals surface area (Å²) in [6, 6.07) is -0.311. The Morgan fingerprint density at radius 3 is 2.25 bits per heavy atom. The van der Waals surface area contributed by atoms with Gasteiger partial charge >= 0.3 is 18.0 Å². The van der Waals surface area contributed by atoms with Crippen LogP contribution in [0.1, 0.15) is 45.4 Å². The number of urea groups is 1. The van der Waals surface area contributed by atoms with Gasteiger partial charge in [0, 0.05) is 12.6 Å². The van der Waals surface area contributed by atoms with E-state index in [9.17, 15) is 14.4 Å². The molecular formula is C13H22N2O5. The summed E-state index contributed by atoms with van der Waals surface area (Å²) in [5.74, 6) is -2.44. The quantitative estimate of drug-likeness (QED) is 0.585. The van der Waals surface area contributed by atoms with E-state index in [2.05, 4.69) is 10.6 Å². The van der Waals surface area contributed by atoms with Gasteiger partial charge in [0.25, 0.3) is 0 Å². The van der Waals surface area contributed by atoms with Crippen LogP contribution in [0.4, 0.5) is 4.79 Å². The van der Waals surface area contributed by atoms with Gasteiger partial charge in [-0.2, -0.15) is 0 Å². The second kappa shape index (κ2) is 7.12. The van der Waals surface area contributed by atoms with E-state index in [0.29, 0.717) is 0 Å². The molecule has 0 aromatic heterocycles. The van der Waals surface area contributed by atoms with Gasteiger partial charge in [0.05, 0.1) is 11.8 Å². The molecule has 1 aliphatic carbocycles. The minimum Gasteiger partial charge on any atom is -0.481 e. The largest absolute Gasteiger partial charge is 0.481 e. The molecule has 0 saturated heterocycles. The molecule has 0 heterocycles. The number of carboxylic acid groups (broad SMARTS) is 2. The number of rotatable bonds is 6. The predicted octanol–water partition coefficient (Wildman–Crippen LogP) is 1.18. The van der Waals surface area contributed by atoms with Gasteiger partial charge in [0.2, 0.25) is 0 Å². The fourth-order valence-corrected chi connectivity index (χ4v) is 2.31. The molecular weight excluding hydrogens is 264 g/mol. The van der Waals surface area contributed by atoms with Gasteiger partial charge in [-0.1, -0.05) is 19.3 Å². The molecule has 1 fully saturated rings. The first-order chi connectivity index (χ1) is 9.33. The zero-order chi connectivity index (χ0) is 15.2. The fraction of sp³-hybridized carbons (Fsp3) is 0.769. The molecule has 20 heavy (non-hydrogen) atoms. The first-order valence-corrected chi connectivity index (χ1v) is 6.83. The van der Waals surface area contributed by atoms with E-state index < -0.39 is 29.8 Å². The minimum atomic E-state index is -1.50. The number of carbonyl (C=O) groups is 3. The second-order valence-electron chi connectivity index (χ2n) is 5.60. The summed E-state index contributed by atoms with van der Waals surface area (Å²) >= 11 is 0. The lowest BCUT2D eigenvalue weighted by atomic mass is 9.87. The van der Waals surface area contributed by atoms with E-state index in [0.717, 1.165) is 25.7 Å². The van der Waals surface area contributed by atoms with Crippen LogP contribution < -0.4 is 10.6 Å². The van der Waals surface area contributed by atoms with E-state index in [1.165, 1.54) is 13.3 Å². The van der Waals surface area contributed by atoms with Gasteiger partial charge < -0.3 is 20.8 Å². The van der Waals surface area contributed by atoms with Crippen LogP contribution in [0.3, 0.4) is 0 Å². The summed E-state index contributed by atoms with van der Waals surface area (Å²) in [6.45, 7) is 1.09. The Hall–Kier alpha value is -1.79. The number of amides is 2. The predicted molar refractivity (Wildman–Crippen MR) is 71.4 cm³/mol. The standard InChI is InChI=1S/C13H22N2O5/c1-13(11(18)19,7-10(16)17)8-14-12(20)15-9-5-3-2-4-6-9/h9H,2-8H2,1H3,(H,16,17)(H,18,19)(H2,14,15,20). The summed E-state index contributed by atoms with van der Waals surface area (Å²) in [5.41, 5.74) is -1.50. The summed E-state index contributed by atoms with van der Waals surface area (Å²) in [6.07, 6.45) is 4.66. The average Bonchev–Trinajstić information content (AvgIpc) is 2.36. The maximum Gasteiger partial charge on any atom is 0.315 e. The first-order valence-electron chi connectivity index (χ1n) is 6.83. The zero-order valence-corrected chi connectivity index (χ0v) is 11.6. The van der Waals surface area contributed by atoms with Gasteiger partial charge in [0.15, 0.2) is 0 Å². The fourth-order valence-electron chi connectivity index (χ4n) is 2.31. The van der Waals surface area contributed by atoms with Gasteiger partial charge in [-0.3, -0.25) is 9.59 Å². The Morgan fingerprint density at radius 2 is 1.75 bits per heavy atom. The third kappa shape index (κ3) is 5.07. The SMILES string of the molecule is CC(CNC(=O)NC1CCCCC1)(CC(=O)O)C(=O)O. The van der Waals surface area contributed by atoms with Crippen molar-refractivity contribution in [1.82, 2.24) is 10.6 Å². The molecule has 0 aromatic rings. The number of nitrogens with one attached hydrogen (secondary N) is 2. The molecule has 1 rings (SSSR count). The lowest BCUT2D eigenvalue weighted by molar-refractivity contribution is -0.154. The van der Waals surface area contributed by atoms with E-state index in [-0.39, 0.29) is 12.6 Å². The van der Waals surface area contributed by atoms with Crippen LogP contribution in [-0.2, 0) is 9.59 Å². The Bertz CT molecular complexity index is 379. The van der Waals surface area contributed by atoms with Gasteiger partial charge in [-0.05, 0) is 19.8 Å². The summed E-state index contributed by atoms with van der Waals surface area (Å²) < 4.78 is 0. The van der Waals surface area contributed by atoms with Crippen LogP contribution in [0.5, 0.6) is 0 Å². The zero-order valence-electron chi connectivity index (χ0n) is 11.6. The van der Waals surface area contributed by atoms with E-state index >= 15 is 0 Å². The molecule has 2 amide bonds. The van der Waals surface area contributed by atoms with Crippen LogP contribution in [0.25, 0.3) is 0 Å². The average molecular weight is 286 g/mol. The monoisotopic (exact) mass is 286 g/mol. The molecule has 1 aliphatic rings. The van der Waals surface area contributed by atoms with Crippen molar-refractivity contribution < 1.29 is 24.6 Å². The number of hydrogen-bond donors (Lipinski definition) is 4. The molecule has 0 aliphatic heterocycles. The van der Waals surface area contributed by atoms with Crippen LogP contribution in [-0.4, -0.2) is 40.8 Å². The van der Waals surface area contributed by atoms with Crippen LogP contribution in [0.15, 0.2) is 0 Å². The lowest BCUT2D eigenvalue weighted by Crippen LogP contribution is -2.48. The van der Waals surface area contributed by atoms with E-state index in [1.54, 1.807) is 0 Å². The van der Waals surface area contributed by atoms with Crippen LogP contribution in [0.2, 0.25) is 0 Å². The van der Waals surface area contributed by atoms with Gasteiger partial charge in [0.1, 0.15) is 0 Å². The van der Waals surface area contributed by atoms with Crippen molar-refractivity contribution in [3.63, 3.8) is 0 Å². The van der Waals surface area contributed by atoms with Crippen molar-refractivity contribution in [2.45, 2.75) is 51.5 Å². The summed E-state index contributed by atoms with van der Waals surface area (Å²) in [4.78, 5) is 33.5. The number of hydrogen-bond acceptors (Lipinski definition) is 3. The molecule has 0 radical (unpaired) electrons. The molecule has 1 unspecified atom stereocenters. The molecule has 7 heteroatoms. The summed E-state index contributed by atoms with van der Waals surface area (Å²) in [7, 11) is 0. The second-order valence-corrected chi connectivity index (χ2v) is 5.60. The molecule has 1 saturated carbocycles. The molecule has 0 bridgehead atoms. The van der Waals surface area contributed by atoms with Crippen molar-refractivity contribution in [1.29, 1.82) is 0 Å². The first kappa shape index (κ1) is 16.3. The Kier molecular flexibility index (Phi) is 5.79. The van der Waals surface area contributed by atoms with Crippen molar-refractivity contribution in [3.05, 3.63) is 0 Å². The molecule has 0 aromatic carbocycles. The Balaban J connectivity index is 2.43. The highest BCUT2D eigenvalue weighted by Crippen LogP contribution is 2.21. The molecule has 7 nitrogen and oxygen atoms in total. The lowest BCUT2D eigenvalue weighted by Gasteiger charge is -2.26. The maximum absolute atomic E-state index is 11.7. The number of carbonyl (C=O) groups excluding carboxylic acids is 1. The van der Waals surface area contributed by atoms with Crippen LogP contribution >= 0.6 is 0 Å². The molecule has 1 atom stereocenters. The van der Waals surface area contributed by atoms with E-state index in [4.69, 9.17) is 10.2 Å². The van der Waals surface area contributed by atoms with Crippen molar-refractivity contribution in [2.24, 2.45) is 5.41 Å². The van der Waals surface area contributed by atoms with Gasteiger partial charge in [-0.15, -0.1) is 0 Å². The van der Waals surface area contributed by atoms with Crippen molar-refractivity contribution >= 4 is 18.0 Å². The molecule has 4 N–H and O–H groups in total. The number of carboxylic acids is 2. The van der Waals surface area contributed by atoms with Crippen molar-refractivity contribution in [2.75, 3.05) is 6.54 Å². The maximum atomic E-state index is 11.7. The highest BCUT2D eigenvalue weighted by Gasteiger charge is 2.36. The number of aliphatic carboxylic acids is 2. The summed E-state index contributed by atoms with van der Waals surface area (Å²) in [5, 5.41) is 23.1. The Labute approximate surface area is 117 Å². The highest BCUT2D eigenvalue weighted by atomic mass is 16.4.